The van der Waals surface area contributed by atoms with Gasteiger partial charge in [0.15, 0.2) is 0 Å². The first-order chi connectivity index (χ1) is 10.0. The molecule has 6 heteroatoms. The van der Waals surface area contributed by atoms with Crippen LogP contribution in [0.1, 0.15) is 31.2 Å². The van der Waals surface area contributed by atoms with Crippen molar-refractivity contribution in [3.63, 3.8) is 0 Å². The van der Waals surface area contributed by atoms with Gasteiger partial charge in [-0.15, -0.1) is 0 Å². The van der Waals surface area contributed by atoms with Crippen molar-refractivity contribution in [1.29, 1.82) is 0 Å². The number of sulfonamides is 1. The van der Waals surface area contributed by atoms with Crippen LogP contribution in [0.25, 0.3) is 0 Å². The molecule has 0 aliphatic heterocycles. The Morgan fingerprint density at radius 1 is 1.14 bits per heavy atom. The Kier molecular flexibility index (Phi) is 5.75. The van der Waals surface area contributed by atoms with Gasteiger partial charge in [0.2, 0.25) is 10.0 Å². The largest absolute Gasteiger partial charge is 0.330 e. The molecule has 1 saturated carbocycles. The number of benzene rings is 1. The molecular weight excluding hydrogens is 286 g/mol. The number of rotatable bonds is 6. The average molecular weight is 311 g/mol. The van der Waals surface area contributed by atoms with Gasteiger partial charge in [0.05, 0.1) is 4.90 Å². The lowest BCUT2D eigenvalue weighted by Gasteiger charge is -2.31. The molecule has 2 unspecified atom stereocenters. The molecule has 1 aromatic carbocycles. The summed E-state index contributed by atoms with van der Waals surface area (Å²) in [5, 5.41) is 8.68. The molecule has 0 saturated heterocycles. The number of hydrogen-bond acceptors (Lipinski definition) is 4. The van der Waals surface area contributed by atoms with Crippen LogP contribution in [0.3, 0.4) is 0 Å². The maximum Gasteiger partial charge on any atom is 0.238 e. The fraction of sp³-hybridized carbons (Fsp3) is 0.600. The summed E-state index contributed by atoms with van der Waals surface area (Å²) in [5.74, 6) is 0.587. The summed E-state index contributed by atoms with van der Waals surface area (Å²) >= 11 is 0. The van der Waals surface area contributed by atoms with E-state index in [1.54, 1.807) is 12.1 Å². The summed E-state index contributed by atoms with van der Waals surface area (Å²) in [6, 6.07) is 7.29. The van der Waals surface area contributed by atoms with Crippen molar-refractivity contribution < 1.29 is 8.42 Å². The van der Waals surface area contributed by atoms with Crippen molar-refractivity contribution in [2.24, 2.45) is 16.8 Å². The lowest BCUT2D eigenvalue weighted by Crippen LogP contribution is -2.42. The Balaban J connectivity index is 1.83. The van der Waals surface area contributed by atoms with E-state index < -0.39 is 10.0 Å². The van der Waals surface area contributed by atoms with Gasteiger partial charge in [-0.25, -0.2) is 13.6 Å². The molecular formula is C15H25N3O2S. The van der Waals surface area contributed by atoms with Gasteiger partial charge < -0.3 is 11.1 Å². The quantitative estimate of drug-likeness (QED) is 0.729. The third-order valence-electron chi connectivity index (χ3n) is 4.28. The minimum absolute atomic E-state index is 0.162. The van der Waals surface area contributed by atoms with Crippen molar-refractivity contribution >= 4 is 10.0 Å². The zero-order valence-electron chi connectivity index (χ0n) is 12.3. The van der Waals surface area contributed by atoms with E-state index in [4.69, 9.17) is 10.9 Å². The van der Waals surface area contributed by atoms with E-state index in [1.807, 2.05) is 12.1 Å². The van der Waals surface area contributed by atoms with Crippen LogP contribution in [0, 0.1) is 5.92 Å². The van der Waals surface area contributed by atoms with Crippen LogP contribution in [0.15, 0.2) is 29.2 Å². The molecule has 0 amide bonds. The normalized spacial score (nSPS) is 23.1. The maximum absolute atomic E-state index is 11.2. The predicted octanol–water partition coefficient (Wildman–Crippen LogP) is 0.984. The van der Waals surface area contributed by atoms with Gasteiger partial charge in [-0.2, -0.15) is 0 Å². The van der Waals surface area contributed by atoms with Gasteiger partial charge in [-0.05, 0) is 56.0 Å². The lowest BCUT2D eigenvalue weighted by atomic mass is 9.84. The van der Waals surface area contributed by atoms with Crippen molar-refractivity contribution in [3.8, 4) is 0 Å². The summed E-state index contributed by atoms with van der Waals surface area (Å²) in [6.45, 7) is 1.64. The standard InChI is InChI=1S/C15H25N3O2S/c16-11-13-3-1-2-4-15(13)18-10-9-12-5-7-14(8-6-12)21(17,19)20/h5-8,13,15,18H,1-4,9-11,16H2,(H2,17,19,20). The highest BCUT2D eigenvalue weighted by atomic mass is 32.2. The first-order valence-electron chi connectivity index (χ1n) is 7.56. The Morgan fingerprint density at radius 3 is 2.43 bits per heavy atom. The summed E-state index contributed by atoms with van der Waals surface area (Å²) in [4.78, 5) is 0.162. The van der Waals surface area contributed by atoms with Crippen molar-refractivity contribution in [2.75, 3.05) is 13.1 Å². The minimum Gasteiger partial charge on any atom is -0.330 e. The first kappa shape index (κ1) is 16.4. The lowest BCUT2D eigenvalue weighted by molar-refractivity contribution is 0.269. The fourth-order valence-corrected chi connectivity index (χ4v) is 3.52. The molecule has 118 valence electrons. The molecule has 1 aliphatic carbocycles. The van der Waals surface area contributed by atoms with Gasteiger partial charge in [0.25, 0.3) is 0 Å². The van der Waals surface area contributed by atoms with Crippen molar-refractivity contribution in [3.05, 3.63) is 29.8 Å². The predicted molar refractivity (Wildman–Crippen MR) is 84.3 cm³/mol. The van der Waals surface area contributed by atoms with Gasteiger partial charge in [0, 0.05) is 6.04 Å². The molecule has 0 bridgehead atoms. The van der Waals surface area contributed by atoms with Crippen LogP contribution < -0.4 is 16.2 Å². The SMILES string of the molecule is NCC1CCCCC1NCCc1ccc(S(N)(=O)=O)cc1. The zero-order valence-corrected chi connectivity index (χ0v) is 13.1. The van der Waals surface area contributed by atoms with Gasteiger partial charge in [0.1, 0.15) is 0 Å². The Labute approximate surface area is 127 Å². The molecule has 0 radical (unpaired) electrons. The first-order valence-corrected chi connectivity index (χ1v) is 9.10. The topological polar surface area (TPSA) is 98.2 Å². The van der Waals surface area contributed by atoms with Crippen LogP contribution in [-0.2, 0) is 16.4 Å². The second-order valence-electron chi connectivity index (χ2n) is 5.78. The van der Waals surface area contributed by atoms with Crippen LogP contribution in [-0.4, -0.2) is 27.5 Å². The third-order valence-corrected chi connectivity index (χ3v) is 5.21. The third kappa shape index (κ3) is 4.78. The molecule has 2 atom stereocenters. The van der Waals surface area contributed by atoms with Gasteiger partial charge in [-0.1, -0.05) is 25.0 Å². The highest BCUT2D eigenvalue weighted by Gasteiger charge is 2.22. The molecule has 21 heavy (non-hydrogen) atoms. The highest BCUT2D eigenvalue weighted by Crippen LogP contribution is 2.23. The Bertz CT molecular complexity index is 543. The summed E-state index contributed by atoms with van der Waals surface area (Å²) < 4.78 is 22.4. The smallest absolute Gasteiger partial charge is 0.238 e. The maximum atomic E-state index is 11.2. The van der Waals surface area contributed by atoms with Crippen LogP contribution >= 0.6 is 0 Å². The molecule has 1 aromatic rings. The zero-order chi connectivity index (χ0) is 15.3. The van der Waals surface area contributed by atoms with Crippen molar-refractivity contribution in [2.45, 2.75) is 43.0 Å². The minimum atomic E-state index is -3.60. The van der Waals surface area contributed by atoms with E-state index in [0.29, 0.717) is 12.0 Å². The Morgan fingerprint density at radius 2 is 1.81 bits per heavy atom. The molecule has 0 heterocycles. The average Bonchev–Trinajstić information content (AvgIpc) is 2.47. The molecule has 1 fully saturated rings. The van der Waals surface area contributed by atoms with E-state index in [1.165, 1.54) is 25.7 Å². The van der Waals surface area contributed by atoms with E-state index in [9.17, 15) is 8.42 Å². The fourth-order valence-electron chi connectivity index (χ4n) is 3.01. The second kappa shape index (κ2) is 7.35. The van der Waals surface area contributed by atoms with Gasteiger partial charge in [-0.3, -0.25) is 0 Å². The number of nitrogens with two attached hydrogens (primary N) is 2. The molecule has 5 N–H and O–H groups in total. The Hall–Kier alpha value is -0.950. The number of nitrogens with one attached hydrogen (secondary N) is 1. The second-order valence-corrected chi connectivity index (χ2v) is 7.34. The van der Waals surface area contributed by atoms with Gasteiger partial charge >= 0.3 is 0 Å². The van der Waals surface area contributed by atoms with E-state index in [0.717, 1.165) is 25.1 Å². The van der Waals surface area contributed by atoms with E-state index in [-0.39, 0.29) is 4.90 Å². The van der Waals surface area contributed by atoms with Crippen LogP contribution in [0.4, 0.5) is 0 Å². The van der Waals surface area contributed by atoms with Crippen molar-refractivity contribution in [1.82, 2.24) is 5.32 Å². The highest BCUT2D eigenvalue weighted by molar-refractivity contribution is 7.89. The molecule has 5 nitrogen and oxygen atoms in total. The summed E-state index contributed by atoms with van der Waals surface area (Å²) in [7, 11) is -3.60. The van der Waals surface area contributed by atoms with E-state index >= 15 is 0 Å². The summed E-state index contributed by atoms with van der Waals surface area (Å²) in [6.07, 6.45) is 5.86. The molecule has 1 aliphatic rings. The summed E-state index contributed by atoms with van der Waals surface area (Å²) in [5.41, 5.74) is 6.93. The monoisotopic (exact) mass is 311 g/mol. The molecule has 0 aromatic heterocycles. The molecule has 2 rings (SSSR count). The van der Waals surface area contributed by atoms with Crippen LogP contribution in [0.5, 0.6) is 0 Å². The van der Waals surface area contributed by atoms with E-state index in [2.05, 4.69) is 5.32 Å². The number of primary sulfonamides is 1. The molecule has 0 spiro atoms. The van der Waals surface area contributed by atoms with Crippen LogP contribution in [0.2, 0.25) is 0 Å². The number of hydrogen-bond donors (Lipinski definition) is 3.